The Labute approximate surface area is 126 Å². The number of rotatable bonds is 5. The predicted molar refractivity (Wildman–Crippen MR) is 84.4 cm³/mol. The summed E-state index contributed by atoms with van der Waals surface area (Å²) in [5, 5.41) is 2.92. The minimum Gasteiger partial charge on any atom is -0.495 e. The average molecular weight is 291 g/mol. The Morgan fingerprint density at radius 2 is 2.24 bits per heavy atom. The highest BCUT2D eigenvalue weighted by Gasteiger charge is 2.26. The molecule has 21 heavy (non-hydrogen) atoms. The summed E-state index contributed by atoms with van der Waals surface area (Å²) in [6, 6.07) is 7.71. The van der Waals surface area contributed by atoms with Crippen molar-refractivity contribution in [1.82, 2.24) is 4.90 Å². The lowest BCUT2D eigenvalue weighted by Crippen LogP contribution is -2.48. The molecule has 3 N–H and O–H groups in total. The Morgan fingerprint density at radius 3 is 2.95 bits per heavy atom. The molecule has 1 heterocycles. The van der Waals surface area contributed by atoms with Gasteiger partial charge in [-0.3, -0.25) is 9.69 Å². The highest BCUT2D eigenvalue weighted by molar-refractivity contribution is 5.93. The molecule has 2 unspecified atom stereocenters. The Balaban J connectivity index is 1.90. The number of piperidine rings is 1. The SMILES string of the molecule is CCC1CN(CC(=O)Nc2ccccc2OC)CCC1N. The minimum atomic E-state index is -0.00942. The second-order valence-corrected chi connectivity index (χ2v) is 5.60. The van der Waals surface area contributed by atoms with Crippen LogP contribution in [0, 0.1) is 5.92 Å². The van der Waals surface area contributed by atoms with Crippen LogP contribution in [0.3, 0.4) is 0 Å². The summed E-state index contributed by atoms with van der Waals surface area (Å²) in [6.07, 6.45) is 2.02. The van der Waals surface area contributed by atoms with Gasteiger partial charge in [0.1, 0.15) is 5.75 Å². The van der Waals surface area contributed by atoms with Crippen LogP contribution in [0.25, 0.3) is 0 Å². The molecule has 2 atom stereocenters. The number of carbonyl (C=O) groups excluding carboxylic acids is 1. The van der Waals surface area contributed by atoms with Gasteiger partial charge in [-0.2, -0.15) is 0 Å². The summed E-state index contributed by atoms with van der Waals surface area (Å²) in [7, 11) is 1.60. The summed E-state index contributed by atoms with van der Waals surface area (Å²) in [5.41, 5.74) is 6.81. The maximum atomic E-state index is 12.2. The molecule has 0 radical (unpaired) electrons. The normalized spacial score (nSPS) is 22.8. The number of nitrogens with zero attached hydrogens (tertiary/aromatic N) is 1. The first-order chi connectivity index (χ1) is 10.1. The monoisotopic (exact) mass is 291 g/mol. The van der Waals surface area contributed by atoms with Crippen LogP contribution in [0.1, 0.15) is 19.8 Å². The maximum absolute atomic E-state index is 12.2. The van der Waals surface area contributed by atoms with Gasteiger partial charge in [-0.05, 0) is 24.5 Å². The zero-order chi connectivity index (χ0) is 15.2. The molecule has 5 heteroatoms. The first kappa shape index (κ1) is 15.8. The summed E-state index contributed by atoms with van der Waals surface area (Å²) in [4.78, 5) is 14.4. The second kappa shape index (κ2) is 7.43. The Kier molecular flexibility index (Phi) is 5.59. The molecular weight excluding hydrogens is 266 g/mol. The molecule has 0 aliphatic carbocycles. The quantitative estimate of drug-likeness (QED) is 0.866. The van der Waals surface area contributed by atoms with E-state index >= 15 is 0 Å². The lowest BCUT2D eigenvalue weighted by atomic mass is 9.91. The number of nitrogens with one attached hydrogen (secondary N) is 1. The van der Waals surface area contributed by atoms with E-state index in [-0.39, 0.29) is 11.9 Å². The van der Waals surface area contributed by atoms with Crippen molar-refractivity contribution in [2.45, 2.75) is 25.8 Å². The van der Waals surface area contributed by atoms with E-state index in [9.17, 15) is 4.79 Å². The van der Waals surface area contributed by atoms with Gasteiger partial charge in [0.25, 0.3) is 0 Å². The van der Waals surface area contributed by atoms with Gasteiger partial charge < -0.3 is 15.8 Å². The third-order valence-electron chi connectivity index (χ3n) is 4.15. The first-order valence-corrected chi connectivity index (χ1v) is 7.54. The Hall–Kier alpha value is -1.59. The molecule has 1 saturated heterocycles. The Bertz CT molecular complexity index is 478. The predicted octanol–water partition coefficient (Wildman–Crippen LogP) is 1.69. The van der Waals surface area contributed by atoms with E-state index < -0.39 is 0 Å². The van der Waals surface area contributed by atoms with E-state index in [1.165, 1.54) is 0 Å². The minimum absolute atomic E-state index is 0.00942. The molecular formula is C16H25N3O2. The highest BCUT2D eigenvalue weighted by atomic mass is 16.5. The van der Waals surface area contributed by atoms with Crippen LogP contribution in [0.2, 0.25) is 0 Å². The third kappa shape index (κ3) is 4.19. The van der Waals surface area contributed by atoms with E-state index in [2.05, 4.69) is 17.1 Å². The van der Waals surface area contributed by atoms with Crippen molar-refractivity contribution < 1.29 is 9.53 Å². The number of nitrogens with two attached hydrogens (primary N) is 1. The molecule has 1 aliphatic rings. The van der Waals surface area contributed by atoms with Crippen molar-refractivity contribution in [2.75, 3.05) is 32.1 Å². The topological polar surface area (TPSA) is 67.6 Å². The molecule has 0 bridgehead atoms. The first-order valence-electron chi connectivity index (χ1n) is 7.54. The van der Waals surface area contributed by atoms with Gasteiger partial charge in [-0.25, -0.2) is 0 Å². The average Bonchev–Trinajstić information content (AvgIpc) is 2.49. The van der Waals surface area contributed by atoms with E-state index in [1.54, 1.807) is 7.11 Å². The zero-order valence-corrected chi connectivity index (χ0v) is 12.8. The molecule has 116 valence electrons. The van der Waals surface area contributed by atoms with Crippen LogP contribution in [-0.4, -0.2) is 43.6 Å². The second-order valence-electron chi connectivity index (χ2n) is 5.60. The maximum Gasteiger partial charge on any atom is 0.238 e. The van der Waals surface area contributed by atoms with Gasteiger partial charge >= 0.3 is 0 Å². The fourth-order valence-corrected chi connectivity index (χ4v) is 2.84. The number of hydrogen-bond acceptors (Lipinski definition) is 4. The molecule has 5 nitrogen and oxygen atoms in total. The number of anilines is 1. The van der Waals surface area contributed by atoms with Crippen molar-refractivity contribution in [2.24, 2.45) is 11.7 Å². The molecule has 2 rings (SSSR count). The van der Waals surface area contributed by atoms with Crippen LogP contribution in [0.5, 0.6) is 5.75 Å². The number of ether oxygens (including phenoxy) is 1. The lowest BCUT2D eigenvalue weighted by molar-refractivity contribution is -0.117. The van der Waals surface area contributed by atoms with Crippen molar-refractivity contribution in [3.05, 3.63) is 24.3 Å². The molecule has 0 spiro atoms. The molecule has 1 fully saturated rings. The number of benzene rings is 1. The van der Waals surface area contributed by atoms with Gasteiger partial charge in [-0.15, -0.1) is 0 Å². The smallest absolute Gasteiger partial charge is 0.238 e. The fraction of sp³-hybridized carbons (Fsp3) is 0.562. The van der Waals surface area contributed by atoms with E-state index in [0.717, 1.165) is 25.9 Å². The van der Waals surface area contributed by atoms with Crippen molar-refractivity contribution in [3.8, 4) is 5.75 Å². The number of para-hydroxylation sites is 2. The Morgan fingerprint density at radius 1 is 1.48 bits per heavy atom. The summed E-state index contributed by atoms with van der Waals surface area (Å²) < 4.78 is 5.24. The number of carbonyl (C=O) groups is 1. The standard InChI is InChI=1S/C16H25N3O2/c1-3-12-10-19(9-8-13(12)17)11-16(20)18-14-6-4-5-7-15(14)21-2/h4-7,12-13H,3,8-11,17H2,1-2H3,(H,18,20). The number of hydrogen-bond donors (Lipinski definition) is 2. The van der Waals surface area contributed by atoms with Gasteiger partial charge in [0.15, 0.2) is 0 Å². The van der Waals surface area contributed by atoms with Crippen LogP contribution < -0.4 is 15.8 Å². The van der Waals surface area contributed by atoms with Crippen molar-refractivity contribution in [1.29, 1.82) is 0 Å². The lowest BCUT2D eigenvalue weighted by Gasteiger charge is -2.36. The zero-order valence-electron chi connectivity index (χ0n) is 12.8. The summed E-state index contributed by atoms with van der Waals surface area (Å²) in [6.45, 7) is 4.35. The third-order valence-corrected chi connectivity index (χ3v) is 4.15. The summed E-state index contributed by atoms with van der Waals surface area (Å²) in [5.74, 6) is 1.15. The van der Waals surface area contributed by atoms with Crippen LogP contribution >= 0.6 is 0 Å². The molecule has 0 aromatic heterocycles. The molecule has 1 aliphatic heterocycles. The van der Waals surface area contributed by atoms with Gasteiger partial charge in [-0.1, -0.05) is 25.5 Å². The number of methoxy groups -OCH3 is 1. The molecule has 1 aromatic carbocycles. The van der Waals surface area contributed by atoms with Crippen molar-refractivity contribution in [3.63, 3.8) is 0 Å². The van der Waals surface area contributed by atoms with Gasteiger partial charge in [0.05, 0.1) is 19.3 Å². The number of amides is 1. The van der Waals surface area contributed by atoms with Gasteiger partial charge in [0.2, 0.25) is 5.91 Å². The van der Waals surface area contributed by atoms with Crippen LogP contribution in [0.15, 0.2) is 24.3 Å². The van der Waals surface area contributed by atoms with Crippen LogP contribution in [-0.2, 0) is 4.79 Å². The van der Waals surface area contributed by atoms with Crippen LogP contribution in [0.4, 0.5) is 5.69 Å². The fourth-order valence-electron chi connectivity index (χ4n) is 2.84. The van der Waals surface area contributed by atoms with Gasteiger partial charge in [0, 0.05) is 19.1 Å². The molecule has 0 saturated carbocycles. The highest BCUT2D eigenvalue weighted by Crippen LogP contribution is 2.23. The van der Waals surface area contributed by atoms with Crippen molar-refractivity contribution >= 4 is 11.6 Å². The van der Waals surface area contributed by atoms with E-state index in [0.29, 0.717) is 23.9 Å². The van der Waals surface area contributed by atoms with E-state index in [1.807, 2.05) is 24.3 Å². The molecule has 1 amide bonds. The largest absolute Gasteiger partial charge is 0.495 e. The molecule has 1 aromatic rings. The van der Waals surface area contributed by atoms with E-state index in [4.69, 9.17) is 10.5 Å². The number of likely N-dealkylation sites (tertiary alicyclic amines) is 1. The summed E-state index contributed by atoms with van der Waals surface area (Å²) >= 11 is 0.